The number of methoxy groups -OCH3 is 2. The normalized spacial score (nSPS) is 26.0. The van der Waals surface area contributed by atoms with Crippen molar-refractivity contribution in [3.05, 3.63) is 35.5 Å². The summed E-state index contributed by atoms with van der Waals surface area (Å²) >= 11 is 0. The number of hydroxylamine groups is 2. The lowest BCUT2D eigenvalue weighted by atomic mass is 9.87. The highest BCUT2D eigenvalue weighted by Crippen LogP contribution is 2.45. The predicted molar refractivity (Wildman–Crippen MR) is 83.8 cm³/mol. The first-order valence-corrected chi connectivity index (χ1v) is 7.84. The fourth-order valence-electron chi connectivity index (χ4n) is 3.80. The number of ether oxygens (including phenoxy) is 2. The molecule has 1 aromatic carbocycles. The molecule has 0 aliphatic carbocycles. The number of nitrogens with zero attached hydrogens (tertiary/aromatic N) is 1. The number of H-pyrrole nitrogens is 1. The van der Waals surface area contributed by atoms with E-state index in [1.165, 1.54) is 14.2 Å². The van der Waals surface area contributed by atoms with Crippen LogP contribution in [0.1, 0.15) is 17.3 Å². The SMILES string of the molecule is COC(=O)[C@H]1[C@@H](C(=O)OC)ON2CCc3c([nH]c4ccccc34)[C@@H]12. The third kappa shape index (κ3) is 2.05. The van der Waals surface area contributed by atoms with Crippen LogP contribution in [-0.2, 0) is 30.3 Å². The third-order valence-corrected chi connectivity index (χ3v) is 4.86. The predicted octanol–water partition coefficient (Wildman–Crippen LogP) is 1.34. The minimum atomic E-state index is -0.996. The average Bonchev–Trinajstić information content (AvgIpc) is 3.18. The second-order valence-electron chi connectivity index (χ2n) is 6.00. The molecule has 0 bridgehead atoms. The van der Waals surface area contributed by atoms with Crippen LogP contribution in [0, 0.1) is 5.92 Å². The molecule has 2 aromatic rings. The Kier molecular flexibility index (Phi) is 3.54. The van der Waals surface area contributed by atoms with Crippen molar-refractivity contribution in [2.75, 3.05) is 20.8 Å². The summed E-state index contributed by atoms with van der Waals surface area (Å²) in [5.74, 6) is -1.82. The number of nitrogens with one attached hydrogen (secondary N) is 1. The summed E-state index contributed by atoms with van der Waals surface area (Å²) in [5.41, 5.74) is 3.08. The van der Waals surface area contributed by atoms with Gasteiger partial charge in [0.05, 0.1) is 20.3 Å². The van der Waals surface area contributed by atoms with E-state index in [2.05, 4.69) is 11.1 Å². The van der Waals surface area contributed by atoms with Gasteiger partial charge in [0.1, 0.15) is 5.92 Å². The number of fused-ring (bicyclic) bond motifs is 5. The summed E-state index contributed by atoms with van der Waals surface area (Å²) in [6.07, 6.45) is -0.220. The van der Waals surface area contributed by atoms with Crippen LogP contribution in [0.5, 0.6) is 0 Å². The Bertz CT molecular complexity index is 814. The van der Waals surface area contributed by atoms with Gasteiger partial charge >= 0.3 is 11.9 Å². The quantitative estimate of drug-likeness (QED) is 0.837. The Morgan fingerprint density at radius 3 is 2.71 bits per heavy atom. The summed E-state index contributed by atoms with van der Waals surface area (Å²) in [6.45, 7) is 0.598. The van der Waals surface area contributed by atoms with Crippen molar-refractivity contribution in [1.82, 2.24) is 10.0 Å². The Balaban J connectivity index is 1.84. The minimum Gasteiger partial charge on any atom is -0.469 e. The molecule has 3 heterocycles. The Hall–Kier alpha value is -2.38. The van der Waals surface area contributed by atoms with Gasteiger partial charge in [0, 0.05) is 23.1 Å². The number of para-hydroxylation sites is 1. The number of benzene rings is 1. The number of esters is 2. The van der Waals surface area contributed by atoms with Crippen LogP contribution in [-0.4, -0.2) is 48.9 Å². The molecular weight excluding hydrogens is 312 g/mol. The van der Waals surface area contributed by atoms with E-state index in [9.17, 15) is 9.59 Å². The van der Waals surface area contributed by atoms with E-state index in [0.29, 0.717) is 6.54 Å². The summed E-state index contributed by atoms with van der Waals surface area (Å²) in [5, 5.41) is 2.83. The van der Waals surface area contributed by atoms with E-state index in [4.69, 9.17) is 14.3 Å². The number of hydrogen-bond donors (Lipinski definition) is 1. The molecule has 0 amide bonds. The van der Waals surface area contributed by atoms with E-state index < -0.39 is 30.0 Å². The molecule has 1 N–H and O–H groups in total. The smallest absolute Gasteiger partial charge is 0.338 e. The largest absolute Gasteiger partial charge is 0.469 e. The van der Waals surface area contributed by atoms with Crippen LogP contribution in [0.15, 0.2) is 24.3 Å². The fraction of sp³-hybridized carbons (Fsp3) is 0.412. The zero-order valence-corrected chi connectivity index (χ0v) is 13.4. The molecule has 0 radical (unpaired) electrons. The number of hydrogen-bond acceptors (Lipinski definition) is 6. The van der Waals surface area contributed by atoms with Crippen molar-refractivity contribution in [2.45, 2.75) is 18.6 Å². The van der Waals surface area contributed by atoms with Crippen molar-refractivity contribution in [3.8, 4) is 0 Å². The van der Waals surface area contributed by atoms with Crippen LogP contribution in [0.4, 0.5) is 0 Å². The van der Waals surface area contributed by atoms with Gasteiger partial charge in [-0.05, 0) is 18.1 Å². The topological polar surface area (TPSA) is 80.9 Å². The van der Waals surface area contributed by atoms with Crippen LogP contribution in [0.2, 0.25) is 0 Å². The number of carbonyl (C=O) groups excluding carboxylic acids is 2. The van der Waals surface area contributed by atoms with Crippen LogP contribution >= 0.6 is 0 Å². The Morgan fingerprint density at radius 1 is 1.21 bits per heavy atom. The van der Waals surface area contributed by atoms with Crippen molar-refractivity contribution >= 4 is 22.8 Å². The first-order valence-electron chi connectivity index (χ1n) is 7.84. The van der Waals surface area contributed by atoms with Gasteiger partial charge in [0.2, 0.25) is 0 Å². The minimum absolute atomic E-state index is 0.391. The van der Waals surface area contributed by atoms with Crippen LogP contribution in [0.25, 0.3) is 10.9 Å². The average molecular weight is 330 g/mol. The lowest BCUT2D eigenvalue weighted by Gasteiger charge is -2.29. The van der Waals surface area contributed by atoms with Crippen molar-refractivity contribution in [2.24, 2.45) is 5.92 Å². The van der Waals surface area contributed by atoms with Crippen molar-refractivity contribution < 1.29 is 23.9 Å². The van der Waals surface area contributed by atoms with Crippen LogP contribution < -0.4 is 0 Å². The second-order valence-corrected chi connectivity index (χ2v) is 6.00. The molecule has 0 saturated carbocycles. The van der Waals surface area contributed by atoms with E-state index in [0.717, 1.165) is 28.6 Å². The maximum Gasteiger partial charge on any atom is 0.338 e. The van der Waals surface area contributed by atoms with E-state index in [1.807, 2.05) is 18.2 Å². The molecule has 1 saturated heterocycles. The molecule has 24 heavy (non-hydrogen) atoms. The van der Waals surface area contributed by atoms with Crippen molar-refractivity contribution in [3.63, 3.8) is 0 Å². The van der Waals surface area contributed by atoms with Gasteiger partial charge in [0.25, 0.3) is 0 Å². The Labute approximate surface area is 138 Å². The molecule has 0 spiro atoms. The highest BCUT2D eigenvalue weighted by Gasteiger charge is 2.55. The molecule has 7 nitrogen and oxygen atoms in total. The summed E-state index contributed by atoms with van der Waals surface area (Å²) in [7, 11) is 2.60. The first-order chi connectivity index (χ1) is 11.7. The molecule has 1 aromatic heterocycles. The molecule has 0 unspecified atom stereocenters. The first kappa shape index (κ1) is 15.2. The van der Waals surface area contributed by atoms with Gasteiger partial charge in [-0.1, -0.05) is 18.2 Å². The number of aromatic amines is 1. The van der Waals surface area contributed by atoms with Crippen molar-refractivity contribution in [1.29, 1.82) is 0 Å². The van der Waals surface area contributed by atoms with E-state index in [-0.39, 0.29) is 0 Å². The molecule has 3 atom stereocenters. The monoisotopic (exact) mass is 330 g/mol. The van der Waals surface area contributed by atoms with E-state index >= 15 is 0 Å². The number of aromatic nitrogens is 1. The molecule has 4 rings (SSSR count). The van der Waals surface area contributed by atoms with Gasteiger partial charge in [-0.15, -0.1) is 0 Å². The molecule has 1 fully saturated rings. The lowest BCUT2D eigenvalue weighted by Crippen LogP contribution is -2.37. The standard InChI is InChI=1S/C17H18N2O5/c1-22-16(20)12-14-13-10(9-5-3-4-6-11(9)18-13)7-8-19(14)24-15(12)17(21)23-2/h3-6,12,14-15,18H,7-8H2,1-2H3/t12-,14-,15+/m1/s1. The molecule has 2 aliphatic rings. The van der Waals surface area contributed by atoms with Gasteiger partial charge in [-0.3, -0.25) is 9.63 Å². The fourth-order valence-corrected chi connectivity index (χ4v) is 3.80. The molecule has 126 valence electrons. The summed E-state index contributed by atoms with van der Waals surface area (Å²) < 4.78 is 9.73. The van der Waals surface area contributed by atoms with Gasteiger partial charge in [0.15, 0.2) is 6.10 Å². The summed E-state index contributed by atoms with van der Waals surface area (Å²) in [6, 6.07) is 7.61. The Morgan fingerprint density at radius 2 is 1.96 bits per heavy atom. The van der Waals surface area contributed by atoms with Gasteiger partial charge in [-0.25, -0.2) is 4.79 Å². The highest BCUT2D eigenvalue weighted by molar-refractivity contribution is 5.88. The second kappa shape index (κ2) is 5.61. The maximum atomic E-state index is 12.4. The van der Waals surface area contributed by atoms with Crippen LogP contribution in [0.3, 0.4) is 0 Å². The highest BCUT2D eigenvalue weighted by atomic mass is 16.7. The molecule has 2 aliphatic heterocycles. The zero-order chi connectivity index (χ0) is 16.8. The number of carbonyl (C=O) groups is 2. The molecule has 7 heteroatoms. The maximum absolute atomic E-state index is 12.4. The molecular formula is C17H18N2O5. The van der Waals surface area contributed by atoms with Gasteiger partial charge in [-0.2, -0.15) is 5.06 Å². The third-order valence-electron chi connectivity index (χ3n) is 4.86. The lowest BCUT2D eigenvalue weighted by molar-refractivity contribution is -0.190. The zero-order valence-electron chi connectivity index (χ0n) is 13.4. The van der Waals surface area contributed by atoms with Gasteiger partial charge < -0.3 is 14.5 Å². The number of rotatable bonds is 2. The van der Waals surface area contributed by atoms with E-state index in [1.54, 1.807) is 5.06 Å². The summed E-state index contributed by atoms with van der Waals surface area (Å²) in [4.78, 5) is 33.6.